The third kappa shape index (κ3) is 23.6. The van der Waals surface area contributed by atoms with Crippen molar-refractivity contribution in [1.82, 2.24) is 47.9 Å². The molecule has 95 heavy (non-hydrogen) atoms. The van der Waals surface area contributed by atoms with Crippen LogP contribution in [0.2, 0.25) is 0 Å². The molecular formula is C67H83N11O17. The van der Waals surface area contributed by atoms with E-state index in [1.54, 1.807) is 54.6 Å². The number of carbonyl (C=O) groups excluding carboxylic acids is 10. The number of hydrogen-bond donors (Lipinski definition) is 16. The van der Waals surface area contributed by atoms with Crippen molar-refractivity contribution in [2.24, 2.45) is 11.5 Å². The van der Waals surface area contributed by atoms with Gasteiger partial charge < -0.3 is 84.9 Å². The maximum absolute atomic E-state index is 14.4. The van der Waals surface area contributed by atoms with Crippen molar-refractivity contribution in [3.63, 3.8) is 0 Å². The van der Waals surface area contributed by atoms with Crippen molar-refractivity contribution in [2.75, 3.05) is 13.2 Å². The molecule has 5 aromatic carbocycles. The van der Waals surface area contributed by atoms with Crippen molar-refractivity contribution in [3.05, 3.63) is 155 Å². The molecule has 18 N–H and O–H groups in total. The predicted molar refractivity (Wildman–Crippen MR) is 346 cm³/mol. The number of hydrogen-bond acceptors (Lipinski definition) is 16. The fraction of sp³-hybridized carbons (Fsp3) is 0.373. The lowest BCUT2D eigenvalue weighted by atomic mass is 9.95. The molecule has 0 saturated carbocycles. The highest BCUT2D eigenvalue weighted by Gasteiger charge is 2.37. The van der Waals surface area contributed by atoms with E-state index in [1.807, 2.05) is 86.6 Å². The number of nitrogens with two attached hydrogens (primary N) is 2. The number of rotatable bonds is 36. The Morgan fingerprint density at radius 1 is 0.453 bits per heavy atom. The number of aliphatic hydroxyl groups excluding tert-OH is 3. The van der Waals surface area contributed by atoms with E-state index in [4.69, 9.17) is 16.6 Å². The summed E-state index contributed by atoms with van der Waals surface area (Å²) >= 11 is 0. The molecule has 0 bridgehead atoms. The van der Waals surface area contributed by atoms with E-state index in [1.165, 1.54) is 6.92 Å². The van der Waals surface area contributed by atoms with Gasteiger partial charge in [0.2, 0.25) is 59.1 Å². The number of aryl methyl sites for hydroxylation is 2. The maximum Gasteiger partial charge on any atom is 0.305 e. The Morgan fingerprint density at radius 2 is 0.884 bits per heavy atom. The minimum atomic E-state index is -2.02. The molecule has 0 aliphatic heterocycles. The lowest BCUT2D eigenvalue weighted by Crippen LogP contribution is -2.63. The van der Waals surface area contributed by atoms with Crippen LogP contribution in [-0.4, -0.2) is 176 Å². The number of carboxylic acids is 2. The lowest BCUT2D eigenvalue weighted by molar-refractivity contribution is -0.142. The van der Waals surface area contributed by atoms with Crippen molar-refractivity contribution >= 4 is 71.0 Å². The van der Waals surface area contributed by atoms with E-state index in [0.29, 0.717) is 16.7 Å². The molecule has 28 heteroatoms. The Labute approximate surface area is 548 Å². The second-order valence-electron chi connectivity index (χ2n) is 22.8. The predicted octanol–water partition coefficient (Wildman–Crippen LogP) is -1.16. The quantitative estimate of drug-likeness (QED) is 0.0225. The van der Waals surface area contributed by atoms with Crippen LogP contribution < -0.4 is 59.3 Å². The summed E-state index contributed by atoms with van der Waals surface area (Å²) in [5, 5.41) is 72.1. The number of nitrogens with one attached hydrogen (secondary N) is 9. The normalized spacial score (nSPS) is 14.5. The average molecular weight is 1310 g/mol. The van der Waals surface area contributed by atoms with Crippen LogP contribution in [0.1, 0.15) is 74.8 Å². The van der Waals surface area contributed by atoms with Gasteiger partial charge in [0, 0.05) is 25.7 Å². The summed E-state index contributed by atoms with van der Waals surface area (Å²) in [6, 6.07) is 22.9. The van der Waals surface area contributed by atoms with Crippen LogP contribution in [0.4, 0.5) is 0 Å². The molecule has 5 aromatic rings. The number of primary amides is 1. The number of carboxylic acid groups (broad SMARTS) is 2. The molecule has 5 rings (SSSR count). The SMILES string of the molecule is CCc1ccccc1-c1ccc(C[C@H](NC(=O)[C@H](CC(=O)O)NC(=O)[C@H](CO)NC(=O)[C@@H](NC(=O)[C@H](Cc2ccccc2)NC(=O)[C@@H](NC(=O)CNC(=O)[C@H](CCC(=O)O)NC(=O)[C@H](C)N)[C@@H](C)O)[C@@H](C)O)C(=O)N[C@@H](Cc2ccc(-c3ccccc3C)cc2)C(N)=O)cc1. The van der Waals surface area contributed by atoms with Gasteiger partial charge in [-0.1, -0.05) is 134 Å². The summed E-state index contributed by atoms with van der Waals surface area (Å²) in [6.45, 7) is 5.40. The van der Waals surface area contributed by atoms with Crippen LogP contribution in [0, 0.1) is 6.92 Å². The molecule has 0 aromatic heterocycles. The van der Waals surface area contributed by atoms with Gasteiger partial charge in [0.1, 0.15) is 48.3 Å². The fourth-order valence-electron chi connectivity index (χ4n) is 9.95. The van der Waals surface area contributed by atoms with Crippen molar-refractivity contribution < 1.29 is 83.1 Å². The number of carbonyl (C=O) groups is 12. The van der Waals surface area contributed by atoms with Crippen LogP contribution in [-0.2, 0) is 83.2 Å². The molecule has 0 radical (unpaired) electrons. The largest absolute Gasteiger partial charge is 0.481 e. The third-order valence-electron chi connectivity index (χ3n) is 15.2. The van der Waals surface area contributed by atoms with Crippen LogP contribution in [0.5, 0.6) is 0 Å². The molecule has 0 spiro atoms. The second kappa shape index (κ2) is 36.7. The van der Waals surface area contributed by atoms with Gasteiger partial charge in [0.25, 0.3) is 0 Å². The van der Waals surface area contributed by atoms with E-state index in [9.17, 15) is 78.0 Å². The van der Waals surface area contributed by atoms with Gasteiger partial charge >= 0.3 is 11.9 Å². The van der Waals surface area contributed by atoms with Gasteiger partial charge in [-0.3, -0.25) is 57.5 Å². The van der Waals surface area contributed by atoms with E-state index in [-0.39, 0.29) is 25.7 Å². The Balaban J connectivity index is 1.33. The Kier molecular flexibility index (Phi) is 29.1. The molecule has 28 nitrogen and oxygen atoms in total. The number of amides is 10. The van der Waals surface area contributed by atoms with Crippen LogP contribution in [0.15, 0.2) is 127 Å². The molecule has 0 unspecified atom stereocenters. The Morgan fingerprint density at radius 3 is 1.40 bits per heavy atom. The molecule has 10 amide bonds. The summed E-state index contributed by atoms with van der Waals surface area (Å²) in [7, 11) is 0. The monoisotopic (exact) mass is 1310 g/mol. The minimum absolute atomic E-state index is 0.0712. The highest BCUT2D eigenvalue weighted by atomic mass is 16.4. The molecule has 0 aliphatic rings. The van der Waals surface area contributed by atoms with E-state index < -0.39 is 164 Å². The zero-order chi connectivity index (χ0) is 70.1. The first-order chi connectivity index (χ1) is 45.1. The molecule has 0 heterocycles. The highest BCUT2D eigenvalue weighted by molar-refractivity contribution is 5.99. The number of aliphatic hydroxyl groups is 3. The van der Waals surface area contributed by atoms with Crippen molar-refractivity contribution in [1.29, 1.82) is 0 Å². The molecule has 0 aliphatic carbocycles. The lowest BCUT2D eigenvalue weighted by Gasteiger charge is -2.28. The van der Waals surface area contributed by atoms with E-state index in [2.05, 4.69) is 47.9 Å². The number of benzene rings is 5. The van der Waals surface area contributed by atoms with Gasteiger partial charge in [-0.15, -0.1) is 0 Å². The zero-order valence-electron chi connectivity index (χ0n) is 53.1. The average Bonchev–Trinajstić information content (AvgIpc) is 0.905. The highest BCUT2D eigenvalue weighted by Crippen LogP contribution is 2.26. The van der Waals surface area contributed by atoms with Crippen molar-refractivity contribution in [2.45, 2.75) is 146 Å². The molecule has 0 saturated heterocycles. The summed E-state index contributed by atoms with van der Waals surface area (Å²) in [4.78, 5) is 160. The first-order valence-corrected chi connectivity index (χ1v) is 30.6. The standard InChI is InChI=1S/C67H83N11O17/c1-6-43-17-11-13-19-47(43)45-26-22-42(23-27-45)32-50(62(90)72-49(59(69)87)30-41-20-24-44(25-21-41)46-18-12-10-14-36(46)2)73-63(91)52(33-56(85)86)74-65(93)53(35-79)76-67(95)58(39(5)81)78-64(92)51(31-40-15-8-7-9-16-40)75-66(94)57(38(4)80)77-54(82)34-70-61(89)48(28-29-55(83)84)71-60(88)37(3)68/h7-27,37-39,48-53,57-58,79-81H,6,28-35,68H2,1-5H3,(H2,69,87)(H,70,89)(H,71,88)(H,72,90)(H,73,91)(H,74,93)(H,75,94)(H,76,95)(H,77,82)(H,78,92)(H,83,84)(H,85,86)/t37-,38+,39+,48-,49-,50-,51-,52-,53-,57-,58-/m0/s1. The molecule has 11 atom stereocenters. The van der Waals surface area contributed by atoms with Crippen LogP contribution >= 0.6 is 0 Å². The molecule has 0 fully saturated rings. The zero-order valence-corrected chi connectivity index (χ0v) is 53.1. The topological polar surface area (TPSA) is 466 Å². The van der Waals surface area contributed by atoms with E-state index >= 15 is 0 Å². The Hall–Kier alpha value is -10.4. The first kappa shape index (κ1) is 75.3. The van der Waals surface area contributed by atoms with Gasteiger partial charge in [0.15, 0.2) is 0 Å². The van der Waals surface area contributed by atoms with E-state index in [0.717, 1.165) is 53.6 Å². The fourth-order valence-corrected chi connectivity index (χ4v) is 9.95. The number of aliphatic carboxylic acids is 2. The summed E-state index contributed by atoms with van der Waals surface area (Å²) in [5.41, 5.74) is 18.8. The molecular weight excluding hydrogens is 1230 g/mol. The second-order valence-corrected chi connectivity index (χ2v) is 22.8. The smallest absolute Gasteiger partial charge is 0.305 e. The first-order valence-electron chi connectivity index (χ1n) is 30.6. The molecule has 508 valence electrons. The van der Waals surface area contributed by atoms with Crippen LogP contribution in [0.25, 0.3) is 22.3 Å². The summed E-state index contributed by atoms with van der Waals surface area (Å²) in [5.74, 6) is -13.8. The minimum Gasteiger partial charge on any atom is -0.481 e. The van der Waals surface area contributed by atoms with Gasteiger partial charge in [-0.25, -0.2) is 0 Å². The summed E-state index contributed by atoms with van der Waals surface area (Å²) < 4.78 is 0. The van der Waals surface area contributed by atoms with Gasteiger partial charge in [-0.05, 0) is 90.6 Å². The van der Waals surface area contributed by atoms with Gasteiger partial charge in [0.05, 0.1) is 37.8 Å². The van der Waals surface area contributed by atoms with Crippen molar-refractivity contribution in [3.8, 4) is 22.3 Å². The summed E-state index contributed by atoms with van der Waals surface area (Å²) in [6.07, 6.45) is -5.41. The van der Waals surface area contributed by atoms with Gasteiger partial charge in [-0.2, -0.15) is 0 Å². The van der Waals surface area contributed by atoms with Crippen LogP contribution in [0.3, 0.4) is 0 Å². The third-order valence-corrected chi connectivity index (χ3v) is 15.2. The maximum atomic E-state index is 14.4. The Bertz CT molecular complexity index is 3510.